The molecule has 0 bridgehead atoms. The first-order chi connectivity index (χ1) is 5.17. The molecule has 1 fully saturated rings. The molecule has 0 amide bonds. The zero-order valence-electron chi connectivity index (χ0n) is 6.64. The van der Waals surface area contributed by atoms with Gasteiger partial charge in [0.25, 0.3) is 0 Å². The van der Waals surface area contributed by atoms with E-state index < -0.39 is 5.79 Å². The number of alkyl halides is 1. The smallest absolute Gasteiger partial charge is 0.217 e. The van der Waals surface area contributed by atoms with Crippen molar-refractivity contribution >= 4 is 6.08 Å². The van der Waals surface area contributed by atoms with Crippen molar-refractivity contribution in [2.24, 2.45) is 10.9 Å². The minimum Gasteiger partial charge on any atom is -0.217 e. The average Bonchev–Trinajstić information content (AvgIpc) is 2.37. The van der Waals surface area contributed by atoms with Gasteiger partial charge in [-0.05, 0) is 19.8 Å². The predicted molar refractivity (Wildman–Crippen MR) is 39.6 cm³/mol. The molecule has 1 saturated carbocycles. The second kappa shape index (κ2) is 3.14. The summed E-state index contributed by atoms with van der Waals surface area (Å²) in [7, 11) is 0. The lowest BCUT2D eigenvalue weighted by Gasteiger charge is -2.20. The number of halogens is 1. The van der Waals surface area contributed by atoms with Crippen LogP contribution in [0.5, 0.6) is 0 Å². The van der Waals surface area contributed by atoms with Crippen molar-refractivity contribution in [1.29, 1.82) is 0 Å². The highest BCUT2D eigenvalue weighted by Crippen LogP contribution is 2.36. The number of hydrogen-bond donors (Lipinski definition) is 0. The van der Waals surface area contributed by atoms with E-state index in [0.717, 1.165) is 25.7 Å². The third-order valence-corrected chi connectivity index (χ3v) is 2.36. The van der Waals surface area contributed by atoms with Crippen molar-refractivity contribution in [3.05, 3.63) is 0 Å². The predicted octanol–water partition coefficient (Wildman–Crippen LogP) is 2.20. The van der Waals surface area contributed by atoms with Crippen molar-refractivity contribution in [3.8, 4) is 0 Å². The Morgan fingerprint density at radius 1 is 1.55 bits per heavy atom. The SMILES string of the molecule is CC(F)(N=C=O)C1CCCC1. The lowest BCUT2D eigenvalue weighted by atomic mass is 9.98. The number of hydrogen-bond acceptors (Lipinski definition) is 2. The standard InChI is InChI=1S/C8H12FNO/c1-8(9,10-6-11)7-4-2-3-5-7/h7H,2-5H2,1H3. The Kier molecular flexibility index (Phi) is 2.40. The Hall–Kier alpha value is -0.690. The van der Waals surface area contributed by atoms with Gasteiger partial charge in [0.05, 0.1) is 0 Å². The molecular formula is C8H12FNO. The largest absolute Gasteiger partial charge is 0.238 e. The van der Waals surface area contributed by atoms with Gasteiger partial charge in [0.1, 0.15) is 0 Å². The summed E-state index contributed by atoms with van der Waals surface area (Å²) in [4.78, 5) is 13.0. The van der Waals surface area contributed by atoms with Crippen LogP contribution < -0.4 is 0 Å². The summed E-state index contributed by atoms with van der Waals surface area (Å²) >= 11 is 0. The van der Waals surface area contributed by atoms with E-state index in [1.165, 1.54) is 13.0 Å². The first-order valence-corrected chi connectivity index (χ1v) is 3.95. The monoisotopic (exact) mass is 157 g/mol. The third kappa shape index (κ3) is 1.87. The van der Waals surface area contributed by atoms with Crippen LogP contribution in [0.3, 0.4) is 0 Å². The van der Waals surface area contributed by atoms with Gasteiger partial charge in [0.2, 0.25) is 11.9 Å². The summed E-state index contributed by atoms with van der Waals surface area (Å²) < 4.78 is 13.4. The maximum atomic E-state index is 13.4. The fourth-order valence-corrected chi connectivity index (χ4v) is 1.63. The molecule has 1 rings (SSSR count). The van der Waals surface area contributed by atoms with Gasteiger partial charge in [-0.25, -0.2) is 9.18 Å². The maximum absolute atomic E-state index is 13.4. The van der Waals surface area contributed by atoms with Gasteiger partial charge >= 0.3 is 0 Å². The Morgan fingerprint density at radius 2 is 2.09 bits per heavy atom. The number of isocyanates is 1. The van der Waals surface area contributed by atoms with E-state index in [0.29, 0.717) is 0 Å². The van der Waals surface area contributed by atoms with E-state index in [4.69, 9.17) is 0 Å². The Balaban J connectivity index is 2.62. The molecule has 11 heavy (non-hydrogen) atoms. The van der Waals surface area contributed by atoms with Crippen LogP contribution in [-0.4, -0.2) is 11.9 Å². The van der Waals surface area contributed by atoms with Gasteiger partial charge in [-0.1, -0.05) is 12.8 Å². The van der Waals surface area contributed by atoms with Crippen molar-refractivity contribution in [3.63, 3.8) is 0 Å². The summed E-state index contributed by atoms with van der Waals surface area (Å²) in [5, 5.41) is 0. The van der Waals surface area contributed by atoms with Gasteiger partial charge in [0, 0.05) is 5.92 Å². The van der Waals surface area contributed by atoms with Gasteiger partial charge in [-0.2, -0.15) is 4.99 Å². The molecule has 0 heterocycles. The Labute approximate surface area is 65.5 Å². The highest BCUT2D eigenvalue weighted by molar-refractivity contribution is 5.34. The molecule has 2 nitrogen and oxygen atoms in total. The van der Waals surface area contributed by atoms with E-state index in [-0.39, 0.29) is 5.92 Å². The zero-order valence-corrected chi connectivity index (χ0v) is 6.64. The Morgan fingerprint density at radius 3 is 2.55 bits per heavy atom. The molecule has 0 aromatic carbocycles. The first-order valence-electron chi connectivity index (χ1n) is 3.95. The zero-order chi connectivity index (χ0) is 8.32. The highest BCUT2D eigenvalue weighted by Gasteiger charge is 2.35. The Bertz CT molecular complexity index is 179. The van der Waals surface area contributed by atoms with Crippen LogP contribution in [0.4, 0.5) is 4.39 Å². The summed E-state index contributed by atoms with van der Waals surface area (Å²) in [5.41, 5.74) is 0. The average molecular weight is 157 g/mol. The molecule has 0 aromatic heterocycles. The molecule has 0 N–H and O–H groups in total. The molecule has 0 aromatic rings. The topological polar surface area (TPSA) is 29.4 Å². The van der Waals surface area contributed by atoms with Crippen LogP contribution in [0.2, 0.25) is 0 Å². The van der Waals surface area contributed by atoms with Crippen LogP contribution in [-0.2, 0) is 4.79 Å². The number of rotatable bonds is 2. The van der Waals surface area contributed by atoms with E-state index in [1.54, 1.807) is 0 Å². The minimum absolute atomic E-state index is 0.0658. The lowest BCUT2D eigenvalue weighted by Crippen LogP contribution is -2.24. The maximum Gasteiger partial charge on any atom is 0.238 e. The molecule has 1 atom stereocenters. The highest BCUT2D eigenvalue weighted by atomic mass is 19.1. The van der Waals surface area contributed by atoms with E-state index in [9.17, 15) is 9.18 Å². The summed E-state index contributed by atoms with van der Waals surface area (Å²) in [6.45, 7) is 1.36. The van der Waals surface area contributed by atoms with Crippen molar-refractivity contribution < 1.29 is 9.18 Å². The molecule has 1 aliphatic rings. The first kappa shape index (κ1) is 8.41. The second-order valence-corrected chi connectivity index (χ2v) is 3.21. The minimum atomic E-state index is -1.67. The molecule has 0 aliphatic heterocycles. The van der Waals surface area contributed by atoms with Crippen molar-refractivity contribution in [1.82, 2.24) is 0 Å². The molecule has 1 unspecified atom stereocenters. The van der Waals surface area contributed by atoms with Crippen LogP contribution >= 0.6 is 0 Å². The summed E-state index contributed by atoms with van der Waals surface area (Å²) in [6, 6.07) is 0. The van der Waals surface area contributed by atoms with Crippen LogP contribution in [0.15, 0.2) is 4.99 Å². The van der Waals surface area contributed by atoms with Gasteiger partial charge < -0.3 is 0 Å². The molecule has 3 heteroatoms. The van der Waals surface area contributed by atoms with Crippen molar-refractivity contribution in [2.75, 3.05) is 0 Å². The third-order valence-electron chi connectivity index (χ3n) is 2.36. The van der Waals surface area contributed by atoms with Crippen LogP contribution in [0.1, 0.15) is 32.6 Å². The van der Waals surface area contributed by atoms with Crippen LogP contribution in [0.25, 0.3) is 0 Å². The van der Waals surface area contributed by atoms with Gasteiger partial charge in [0.15, 0.2) is 0 Å². The fourth-order valence-electron chi connectivity index (χ4n) is 1.63. The molecule has 0 saturated heterocycles. The number of carbonyl (C=O) groups excluding carboxylic acids is 1. The molecule has 0 spiro atoms. The molecule has 1 aliphatic carbocycles. The van der Waals surface area contributed by atoms with Gasteiger partial charge in [-0.15, -0.1) is 0 Å². The molecule has 0 radical (unpaired) electrons. The van der Waals surface area contributed by atoms with Crippen LogP contribution in [0, 0.1) is 5.92 Å². The summed E-state index contributed by atoms with van der Waals surface area (Å²) in [6.07, 6.45) is 5.08. The van der Waals surface area contributed by atoms with E-state index in [1.807, 2.05) is 0 Å². The fraction of sp³-hybridized carbons (Fsp3) is 0.875. The van der Waals surface area contributed by atoms with Crippen molar-refractivity contribution in [2.45, 2.75) is 38.4 Å². The quantitative estimate of drug-likeness (QED) is 0.343. The number of nitrogens with zero attached hydrogens (tertiary/aromatic N) is 1. The molecule has 62 valence electrons. The second-order valence-electron chi connectivity index (χ2n) is 3.21. The van der Waals surface area contributed by atoms with Gasteiger partial charge in [-0.3, -0.25) is 0 Å². The lowest BCUT2D eigenvalue weighted by molar-refractivity contribution is 0.116. The van der Waals surface area contributed by atoms with E-state index in [2.05, 4.69) is 4.99 Å². The normalized spacial score (nSPS) is 24.2. The number of aliphatic imine (C=N–C) groups is 1. The summed E-state index contributed by atoms with van der Waals surface area (Å²) in [5.74, 6) is -1.73. The van der Waals surface area contributed by atoms with E-state index >= 15 is 0 Å². The molecular weight excluding hydrogens is 145 g/mol.